The number of piperidine rings is 1. The maximum absolute atomic E-state index is 5.47. The first-order valence-electron chi connectivity index (χ1n) is 9.98. The van der Waals surface area contributed by atoms with Gasteiger partial charge in [0.05, 0.1) is 13.5 Å². The van der Waals surface area contributed by atoms with Crippen LogP contribution in [0.4, 0.5) is 0 Å². The van der Waals surface area contributed by atoms with Gasteiger partial charge in [-0.25, -0.2) is 0 Å². The summed E-state index contributed by atoms with van der Waals surface area (Å²) in [5.41, 5.74) is 1.16. The van der Waals surface area contributed by atoms with Crippen molar-refractivity contribution < 1.29 is 9.26 Å². The van der Waals surface area contributed by atoms with E-state index in [1.165, 1.54) is 51.6 Å². The van der Waals surface area contributed by atoms with E-state index in [-0.39, 0.29) is 12.4 Å². The number of benzene rings is 1. The Hall–Kier alpha value is -1.59. The number of ether oxygens (including phenoxy) is 1. The van der Waals surface area contributed by atoms with Crippen LogP contribution in [0, 0.1) is 5.92 Å². The normalized spacial score (nSPS) is 19.1. The van der Waals surface area contributed by atoms with Gasteiger partial charge in [-0.2, -0.15) is 4.98 Å². The maximum atomic E-state index is 5.47. The SMILES string of the molecule is COc1ccc(Cc2nc(CC3CCN(C4CCCC4)CC3)no2)cc1.Cl. The van der Waals surface area contributed by atoms with Crippen molar-refractivity contribution in [2.45, 2.75) is 57.4 Å². The third-order valence-corrected chi connectivity index (χ3v) is 5.99. The van der Waals surface area contributed by atoms with Crippen molar-refractivity contribution in [3.05, 3.63) is 41.5 Å². The summed E-state index contributed by atoms with van der Waals surface area (Å²) in [5, 5.41) is 4.21. The summed E-state index contributed by atoms with van der Waals surface area (Å²) in [6.45, 7) is 2.48. The summed E-state index contributed by atoms with van der Waals surface area (Å²) in [4.78, 5) is 7.33. The molecule has 2 aromatic rings. The first-order valence-corrected chi connectivity index (χ1v) is 9.98. The molecule has 0 radical (unpaired) electrons. The fourth-order valence-corrected chi connectivity index (χ4v) is 4.41. The van der Waals surface area contributed by atoms with E-state index in [0.717, 1.165) is 29.6 Å². The number of rotatable bonds is 6. The van der Waals surface area contributed by atoms with Crippen LogP contribution in [0.5, 0.6) is 5.75 Å². The van der Waals surface area contributed by atoms with Crippen molar-refractivity contribution in [2.24, 2.45) is 5.92 Å². The minimum Gasteiger partial charge on any atom is -0.497 e. The zero-order valence-corrected chi connectivity index (χ0v) is 16.9. The van der Waals surface area contributed by atoms with Crippen molar-refractivity contribution >= 4 is 12.4 Å². The molecular weight excluding hydrogens is 362 g/mol. The summed E-state index contributed by atoms with van der Waals surface area (Å²) in [6, 6.07) is 8.87. The third-order valence-electron chi connectivity index (χ3n) is 5.99. The average Bonchev–Trinajstić information content (AvgIpc) is 3.35. The van der Waals surface area contributed by atoms with E-state index in [9.17, 15) is 0 Å². The first-order chi connectivity index (χ1) is 12.8. The molecule has 1 aromatic carbocycles. The van der Waals surface area contributed by atoms with Crippen LogP contribution < -0.4 is 4.74 Å². The number of hydrogen-bond acceptors (Lipinski definition) is 5. The van der Waals surface area contributed by atoms with Gasteiger partial charge in [0.25, 0.3) is 0 Å². The summed E-state index contributed by atoms with van der Waals surface area (Å²) in [6.07, 6.45) is 9.81. The molecule has 4 rings (SSSR count). The molecule has 1 saturated carbocycles. The molecule has 0 unspecified atom stereocenters. The number of aromatic nitrogens is 2. The predicted molar refractivity (Wildman–Crippen MR) is 108 cm³/mol. The van der Waals surface area contributed by atoms with E-state index in [2.05, 4.69) is 15.0 Å². The smallest absolute Gasteiger partial charge is 0.231 e. The Kier molecular flexibility index (Phi) is 7.13. The highest BCUT2D eigenvalue weighted by atomic mass is 35.5. The van der Waals surface area contributed by atoms with E-state index in [1.54, 1.807) is 7.11 Å². The molecule has 2 fully saturated rings. The third kappa shape index (κ3) is 5.23. The quantitative estimate of drug-likeness (QED) is 0.735. The summed E-state index contributed by atoms with van der Waals surface area (Å²) < 4.78 is 10.7. The van der Waals surface area contributed by atoms with Crippen molar-refractivity contribution in [3.63, 3.8) is 0 Å². The van der Waals surface area contributed by atoms with Gasteiger partial charge in [0.2, 0.25) is 5.89 Å². The van der Waals surface area contributed by atoms with Gasteiger partial charge >= 0.3 is 0 Å². The fourth-order valence-electron chi connectivity index (χ4n) is 4.41. The van der Waals surface area contributed by atoms with Gasteiger partial charge in [-0.05, 0) is 62.4 Å². The van der Waals surface area contributed by atoms with Crippen LogP contribution in [0.3, 0.4) is 0 Å². The lowest BCUT2D eigenvalue weighted by molar-refractivity contribution is 0.133. The lowest BCUT2D eigenvalue weighted by Crippen LogP contribution is -2.40. The minimum atomic E-state index is 0. The average molecular weight is 392 g/mol. The predicted octanol–water partition coefficient (Wildman–Crippen LogP) is 4.29. The van der Waals surface area contributed by atoms with Gasteiger partial charge in [-0.1, -0.05) is 30.1 Å². The maximum Gasteiger partial charge on any atom is 0.231 e. The van der Waals surface area contributed by atoms with E-state index in [1.807, 2.05) is 24.3 Å². The van der Waals surface area contributed by atoms with Crippen molar-refractivity contribution in [1.82, 2.24) is 15.0 Å². The largest absolute Gasteiger partial charge is 0.497 e. The van der Waals surface area contributed by atoms with Crippen LogP contribution in [0.2, 0.25) is 0 Å². The van der Waals surface area contributed by atoms with E-state index in [0.29, 0.717) is 18.2 Å². The molecule has 0 N–H and O–H groups in total. The molecule has 0 atom stereocenters. The molecule has 148 valence electrons. The molecule has 0 spiro atoms. The Morgan fingerprint density at radius 1 is 1.07 bits per heavy atom. The number of nitrogens with zero attached hydrogens (tertiary/aromatic N) is 3. The molecular formula is C21H30ClN3O2. The molecule has 1 aromatic heterocycles. The van der Waals surface area contributed by atoms with Crippen LogP contribution in [0.25, 0.3) is 0 Å². The van der Waals surface area contributed by atoms with Gasteiger partial charge in [-0.3, -0.25) is 0 Å². The van der Waals surface area contributed by atoms with Crippen LogP contribution >= 0.6 is 12.4 Å². The topological polar surface area (TPSA) is 51.4 Å². The van der Waals surface area contributed by atoms with Crippen LogP contribution in [0.1, 0.15) is 55.8 Å². The van der Waals surface area contributed by atoms with Crippen molar-refractivity contribution in [1.29, 1.82) is 0 Å². The Morgan fingerprint density at radius 2 is 1.78 bits per heavy atom. The van der Waals surface area contributed by atoms with Gasteiger partial charge in [0, 0.05) is 12.5 Å². The summed E-state index contributed by atoms with van der Waals surface area (Å²) in [7, 11) is 1.68. The monoisotopic (exact) mass is 391 g/mol. The molecule has 0 amide bonds. The molecule has 6 heteroatoms. The molecule has 1 aliphatic heterocycles. The lowest BCUT2D eigenvalue weighted by Gasteiger charge is -2.35. The number of hydrogen-bond donors (Lipinski definition) is 0. The Morgan fingerprint density at radius 3 is 2.44 bits per heavy atom. The van der Waals surface area contributed by atoms with Gasteiger partial charge in [0.1, 0.15) is 5.75 Å². The molecule has 2 aliphatic rings. The fraction of sp³-hybridized carbons (Fsp3) is 0.619. The van der Waals surface area contributed by atoms with Gasteiger partial charge in [0.15, 0.2) is 5.82 Å². The molecule has 1 aliphatic carbocycles. The second kappa shape index (κ2) is 9.56. The highest BCUT2D eigenvalue weighted by molar-refractivity contribution is 5.85. The minimum absolute atomic E-state index is 0. The molecule has 0 bridgehead atoms. The Bertz CT molecular complexity index is 690. The van der Waals surface area contributed by atoms with Crippen molar-refractivity contribution in [3.8, 4) is 5.75 Å². The van der Waals surface area contributed by atoms with E-state index < -0.39 is 0 Å². The van der Waals surface area contributed by atoms with Crippen LogP contribution in [0.15, 0.2) is 28.8 Å². The summed E-state index contributed by atoms with van der Waals surface area (Å²) >= 11 is 0. The number of likely N-dealkylation sites (tertiary alicyclic amines) is 1. The number of methoxy groups -OCH3 is 1. The Balaban J connectivity index is 0.00000210. The molecule has 1 saturated heterocycles. The molecule has 2 heterocycles. The van der Waals surface area contributed by atoms with E-state index in [4.69, 9.17) is 9.26 Å². The van der Waals surface area contributed by atoms with Crippen LogP contribution in [-0.4, -0.2) is 41.3 Å². The highest BCUT2D eigenvalue weighted by Gasteiger charge is 2.27. The second-order valence-corrected chi connectivity index (χ2v) is 7.75. The molecule has 27 heavy (non-hydrogen) atoms. The first kappa shape index (κ1) is 20.2. The lowest BCUT2D eigenvalue weighted by atomic mass is 9.92. The van der Waals surface area contributed by atoms with Crippen LogP contribution in [-0.2, 0) is 12.8 Å². The van der Waals surface area contributed by atoms with Crippen molar-refractivity contribution in [2.75, 3.05) is 20.2 Å². The van der Waals surface area contributed by atoms with Gasteiger partial charge < -0.3 is 14.2 Å². The number of halogens is 1. The van der Waals surface area contributed by atoms with Gasteiger partial charge in [-0.15, -0.1) is 12.4 Å². The standard InChI is InChI=1S/C21H29N3O2.ClH/c1-25-19-8-6-16(7-9-19)15-21-22-20(23-26-21)14-17-10-12-24(13-11-17)18-4-2-3-5-18;/h6-9,17-18H,2-5,10-15H2,1H3;1H. The highest BCUT2D eigenvalue weighted by Crippen LogP contribution is 2.29. The zero-order chi connectivity index (χ0) is 17.8. The summed E-state index contributed by atoms with van der Waals surface area (Å²) in [5.74, 6) is 3.13. The second-order valence-electron chi connectivity index (χ2n) is 7.75. The zero-order valence-electron chi connectivity index (χ0n) is 16.1. The molecule has 5 nitrogen and oxygen atoms in total. The van der Waals surface area contributed by atoms with E-state index >= 15 is 0 Å². The Labute approximate surface area is 167 Å².